The smallest absolute Gasteiger partial charge is 0.132 e. The second kappa shape index (κ2) is 17.9. The van der Waals surface area contributed by atoms with E-state index in [1.807, 2.05) is 11.8 Å². The Morgan fingerprint density at radius 2 is 0.714 bits per heavy atom. The molecule has 13 aromatic carbocycles. The normalized spacial score (nSPS) is 14.8. The van der Waals surface area contributed by atoms with Crippen LogP contribution in [0, 0.1) is 0 Å². The van der Waals surface area contributed by atoms with Crippen molar-refractivity contribution in [1.29, 1.82) is 0 Å². The van der Waals surface area contributed by atoms with Crippen LogP contribution in [-0.2, 0) is 16.2 Å². The molecule has 0 fully saturated rings. The lowest BCUT2D eigenvalue weighted by molar-refractivity contribution is 0.436. The first-order valence-electron chi connectivity index (χ1n) is 29.1. The predicted octanol–water partition coefficient (Wildman–Crippen LogP) is 20.5. The molecule has 3 heteroatoms. The second-order valence-electron chi connectivity index (χ2n) is 22.9. The van der Waals surface area contributed by atoms with Gasteiger partial charge in [-0.15, -0.1) is 0 Å². The highest BCUT2D eigenvalue weighted by Crippen LogP contribution is 2.66. The zero-order valence-electron chi connectivity index (χ0n) is 45.7. The number of benzene rings is 13. The largest absolute Gasteiger partial charge is 0.457 e. The fourth-order valence-electron chi connectivity index (χ4n) is 15.9. The van der Waals surface area contributed by atoms with Gasteiger partial charge >= 0.3 is 0 Å². The Hall–Kier alpha value is -10.2. The molecule has 2 spiro atoms. The minimum absolute atomic E-state index is 0.527. The van der Waals surface area contributed by atoms with Crippen molar-refractivity contribution in [3.63, 3.8) is 0 Å². The quantitative estimate of drug-likeness (QED) is 0.165. The molecule has 3 aliphatic carbocycles. The number of rotatable bonds is 6. The molecule has 84 heavy (non-hydrogen) atoms. The maximum atomic E-state index is 6.77. The van der Waals surface area contributed by atoms with Gasteiger partial charge in [-0.05, 0) is 155 Å². The molecule has 0 unspecified atom stereocenters. The van der Waals surface area contributed by atoms with Gasteiger partial charge in [0.25, 0.3) is 0 Å². The van der Waals surface area contributed by atoms with E-state index in [9.17, 15) is 0 Å². The molecule has 0 saturated heterocycles. The summed E-state index contributed by atoms with van der Waals surface area (Å²) in [5.41, 5.74) is 26.5. The van der Waals surface area contributed by atoms with E-state index in [1.165, 1.54) is 98.8 Å². The lowest BCUT2D eigenvalue weighted by atomic mass is 9.66. The molecule has 0 atom stereocenters. The molecule has 392 valence electrons. The van der Waals surface area contributed by atoms with Crippen LogP contribution in [0.1, 0.15) is 66.8 Å². The van der Waals surface area contributed by atoms with Crippen LogP contribution in [0.5, 0.6) is 11.5 Å². The Morgan fingerprint density at radius 1 is 0.262 bits per heavy atom. The van der Waals surface area contributed by atoms with Gasteiger partial charge in [0.2, 0.25) is 0 Å². The summed E-state index contributed by atoms with van der Waals surface area (Å²) in [6.45, 7) is 0. The summed E-state index contributed by atoms with van der Waals surface area (Å²) in [6, 6.07) is 116. The molecule has 5 aliphatic rings. The molecule has 0 saturated carbocycles. The molecule has 2 heterocycles. The number of ether oxygens (including phenoxy) is 1. The Morgan fingerprint density at radius 3 is 1.37 bits per heavy atom. The van der Waals surface area contributed by atoms with Gasteiger partial charge in [0, 0.05) is 37.9 Å². The van der Waals surface area contributed by atoms with Gasteiger partial charge in [-0.25, -0.2) is 0 Å². The van der Waals surface area contributed by atoms with Crippen LogP contribution in [0.2, 0.25) is 0 Å². The third kappa shape index (κ3) is 6.21. The van der Waals surface area contributed by atoms with E-state index in [1.54, 1.807) is 0 Å². The number of fused-ring (bicyclic) bond motifs is 21. The van der Waals surface area contributed by atoms with E-state index in [2.05, 4.69) is 314 Å². The van der Waals surface area contributed by atoms with E-state index in [4.69, 9.17) is 4.74 Å². The standard InChI is InChI=1S/C81H51NOS/c1-3-24-54(25-4-1)79(55-26-5-2-6-27-55)63-32-10-7-29-58(63)60-47-45-53(50-72(60)79)52-23-21-28-56(49-52)82(57-46-48-66-62(51-57)59-30-8-11-33-64(59)80(66)67-35-13-17-41-74(67)83-75-42-18-14-36-68(75)80)73-40-22-39-71-78(73)61-31-9-12-34-65(61)81(71)69-37-15-19-43-76(69)84-77-44-20-16-38-70(77)81/h1-51H. The molecular weight excluding hydrogens is 1030 g/mol. The zero-order valence-corrected chi connectivity index (χ0v) is 46.5. The molecule has 0 aromatic heterocycles. The van der Waals surface area contributed by atoms with Crippen molar-refractivity contribution >= 4 is 28.8 Å². The minimum Gasteiger partial charge on any atom is -0.457 e. The van der Waals surface area contributed by atoms with Gasteiger partial charge in [-0.1, -0.05) is 260 Å². The van der Waals surface area contributed by atoms with Crippen molar-refractivity contribution in [3.8, 4) is 56.0 Å². The average Bonchev–Trinajstić information content (AvgIpc) is 1.73. The third-order valence-electron chi connectivity index (χ3n) is 19.1. The zero-order chi connectivity index (χ0) is 55.1. The second-order valence-corrected chi connectivity index (χ2v) is 24.0. The van der Waals surface area contributed by atoms with Crippen LogP contribution in [0.4, 0.5) is 17.1 Å². The van der Waals surface area contributed by atoms with E-state index >= 15 is 0 Å². The summed E-state index contributed by atoms with van der Waals surface area (Å²) in [6.07, 6.45) is 0. The molecule has 18 rings (SSSR count). The van der Waals surface area contributed by atoms with Crippen molar-refractivity contribution in [1.82, 2.24) is 0 Å². The van der Waals surface area contributed by atoms with Crippen molar-refractivity contribution < 1.29 is 4.74 Å². The molecule has 0 bridgehead atoms. The molecule has 2 aliphatic heterocycles. The van der Waals surface area contributed by atoms with Gasteiger partial charge in [0.15, 0.2) is 0 Å². The minimum atomic E-state index is -0.596. The molecule has 0 amide bonds. The lowest BCUT2D eigenvalue weighted by Crippen LogP contribution is -2.32. The SMILES string of the molecule is c1ccc(C2(c3ccccc3)c3ccccc3-c3ccc(-c4cccc(N(c5ccc6c(c5)-c5ccccc5C65c6ccccc6Oc6ccccc65)c5cccc6c5-c5ccccc5C65c6ccccc6Sc6ccccc65)c4)cc32)cc1. The van der Waals surface area contributed by atoms with Crippen molar-refractivity contribution in [3.05, 3.63) is 376 Å². The van der Waals surface area contributed by atoms with Crippen molar-refractivity contribution in [2.45, 2.75) is 26.0 Å². The van der Waals surface area contributed by atoms with E-state index < -0.39 is 16.2 Å². The maximum Gasteiger partial charge on any atom is 0.132 e. The maximum absolute atomic E-state index is 6.77. The van der Waals surface area contributed by atoms with Gasteiger partial charge < -0.3 is 9.64 Å². The summed E-state index contributed by atoms with van der Waals surface area (Å²) in [7, 11) is 0. The fourth-order valence-corrected chi connectivity index (χ4v) is 17.1. The highest BCUT2D eigenvalue weighted by molar-refractivity contribution is 7.99. The highest BCUT2D eigenvalue weighted by atomic mass is 32.2. The summed E-state index contributed by atoms with van der Waals surface area (Å²) in [5, 5.41) is 0. The third-order valence-corrected chi connectivity index (χ3v) is 20.2. The number of hydrogen-bond acceptors (Lipinski definition) is 3. The van der Waals surface area contributed by atoms with Crippen molar-refractivity contribution in [2.24, 2.45) is 0 Å². The van der Waals surface area contributed by atoms with Crippen LogP contribution in [0.15, 0.2) is 319 Å². The first kappa shape index (κ1) is 47.4. The fraction of sp³-hybridized carbons (Fsp3) is 0.0370. The Balaban J connectivity index is 0.894. The van der Waals surface area contributed by atoms with E-state index in [-0.39, 0.29) is 0 Å². The molecular formula is C81H51NOS. The average molecular weight is 1090 g/mol. The molecule has 0 N–H and O–H groups in total. The summed E-state index contributed by atoms with van der Waals surface area (Å²) < 4.78 is 6.77. The molecule has 2 nitrogen and oxygen atoms in total. The van der Waals surface area contributed by atoms with E-state index in [0.29, 0.717) is 0 Å². The number of hydrogen-bond donors (Lipinski definition) is 0. The topological polar surface area (TPSA) is 12.5 Å². The summed E-state index contributed by atoms with van der Waals surface area (Å²) in [4.78, 5) is 5.14. The number of para-hydroxylation sites is 2. The first-order valence-corrected chi connectivity index (χ1v) is 30.0. The predicted molar refractivity (Wildman–Crippen MR) is 343 cm³/mol. The lowest BCUT2D eigenvalue weighted by Gasteiger charge is -2.40. The van der Waals surface area contributed by atoms with Crippen LogP contribution in [-0.4, -0.2) is 0 Å². The molecule has 0 radical (unpaired) electrons. The Kier molecular flexibility index (Phi) is 10.1. The monoisotopic (exact) mass is 1090 g/mol. The van der Waals surface area contributed by atoms with Crippen LogP contribution in [0.25, 0.3) is 44.5 Å². The van der Waals surface area contributed by atoms with Gasteiger partial charge in [0.1, 0.15) is 11.5 Å². The van der Waals surface area contributed by atoms with Crippen molar-refractivity contribution in [2.75, 3.05) is 4.90 Å². The Bertz CT molecular complexity index is 4750. The summed E-state index contributed by atoms with van der Waals surface area (Å²) in [5.74, 6) is 1.77. The highest BCUT2D eigenvalue weighted by Gasteiger charge is 2.53. The molecule has 13 aromatic rings. The van der Waals surface area contributed by atoms with Crippen LogP contribution >= 0.6 is 11.8 Å². The Labute approximate surface area is 493 Å². The van der Waals surface area contributed by atoms with Crippen LogP contribution in [0.3, 0.4) is 0 Å². The first-order chi connectivity index (χ1) is 41.7. The summed E-state index contributed by atoms with van der Waals surface area (Å²) >= 11 is 1.89. The van der Waals surface area contributed by atoms with Crippen LogP contribution < -0.4 is 9.64 Å². The van der Waals surface area contributed by atoms with Gasteiger partial charge in [-0.3, -0.25) is 0 Å². The number of anilines is 3. The van der Waals surface area contributed by atoms with Gasteiger partial charge in [0.05, 0.1) is 21.9 Å². The number of nitrogens with zero attached hydrogens (tertiary/aromatic N) is 1. The van der Waals surface area contributed by atoms with Gasteiger partial charge in [-0.2, -0.15) is 0 Å². The van der Waals surface area contributed by atoms with E-state index in [0.717, 1.165) is 50.8 Å².